The zero-order valence-corrected chi connectivity index (χ0v) is 29.9. The van der Waals surface area contributed by atoms with Crippen molar-refractivity contribution in [3.8, 4) is 0 Å². The fourth-order valence-electron chi connectivity index (χ4n) is 10.8. The molecule has 8 heteroatoms. The molecule has 0 unspecified atom stereocenters. The minimum Gasteiger partial charge on any atom is -0.192 e. The van der Waals surface area contributed by atoms with E-state index in [0.717, 1.165) is 89.8 Å². The Kier molecular flexibility index (Phi) is 4.29. The predicted octanol–water partition coefficient (Wildman–Crippen LogP) is 8.32. The van der Waals surface area contributed by atoms with Crippen molar-refractivity contribution in [2.75, 3.05) is 0 Å². The average molecular weight is 725 g/mol. The van der Waals surface area contributed by atoms with Crippen molar-refractivity contribution in [3.63, 3.8) is 0 Å². The maximum atomic E-state index is 5.72. The largest absolute Gasteiger partial charge is 0.404 e. The van der Waals surface area contributed by atoms with E-state index < -0.39 is 5.91 Å². The van der Waals surface area contributed by atoms with Gasteiger partial charge in [-0.25, -0.2) is 0 Å². The second-order valence-electron chi connectivity index (χ2n) is 16.0. The number of aliphatic imine (C=N–C) groups is 2. The van der Waals surface area contributed by atoms with Crippen molar-refractivity contribution in [1.29, 1.82) is 0 Å². The van der Waals surface area contributed by atoms with Crippen LogP contribution in [0.25, 0.3) is 64.6 Å². The van der Waals surface area contributed by atoms with Gasteiger partial charge in [0.25, 0.3) is 23.3 Å². The lowest BCUT2D eigenvalue weighted by Crippen LogP contribution is -2.71. The molecule has 8 heterocycles. The lowest BCUT2D eigenvalue weighted by atomic mass is 10.0. The number of aromatic nitrogens is 2. The Labute approximate surface area is 321 Å². The van der Waals surface area contributed by atoms with Crippen LogP contribution in [0.1, 0.15) is 22.3 Å². The van der Waals surface area contributed by atoms with Gasteiger partial charge in [-0.15, -0.1) is 9.15 Å². The topological polar surface area (TPSA) is 65.3 Å². The van der Waals surface area contributed by atoms with Crippen molar-refractivity contribution < 1.29 is 9.15 Å². The van der Waals surface area contributed by atoms with Gasteiger partial charge in [0, 0.05) is 21.5 Å². The quantitative estimate of drug-likeness (QED) is 0.141. The van der Waals surface area contributed by atoms with Gasteiger partial charge in [0.2, 0.25) is 22.6 Å². The first kappa shape index (κ1) is 27.7. The third-order valence-electron chi connectivity index (χ3n) is 13.2. The Balaban J connectivity index is 1.20. The van der Waals surface area contributed by atoms with Crippen molar-refractivity contribution in [2.24, 2.45) is 20.0 Å². The molecule has 0 atom stereocenters. The van der Waals surface area contributed by atoms with Gasteiger partial charge in [-0.2, -0.15) is 9.13 Å². The van der Waals surface area contributed by atoms with E-state index in [0.29, 0.717) is 0 Å². The van der Waals surface area contributed by atoms with E-state index in [1.807, 2.05) is 0 Å². The zero-order chi connectivity index (χ0) is 36.5. The standard InChI is InChI=1S/C49H24N8/c1-2-10-26-18-34-33(17-25(26)9-1)41-50-43-35-19-27-11-3-4-12-28(27)20-36(35)45-52-47-39-23-31-15-7-8-16-32(31)24-40(39)48-53-46-38-22-30-14-6-5-13-29(30)21-37(38)44-51-42(34)54(41)49(55(43)45,56(44)46)57(47)48/h1-24H/q+2. The summed E-state index contributed by atoms with van der Waals surface area (Å²) in [7, 11) is 0. The summed E-state index contributed by atoms with van der Waals surface area (Å²) in [5.41, 5.74) is 6.04. The molecule has 1 spiro atoms. The first-order valence-electron chi connectivity index (χ1n) is 19.4. The smallest absolute Gasteiger partial charge is 0.192 e. The molecule has 6 aliphatic rings. The van der Waals surface area contributed by atoms with E-state index in [1.54, 1.807) is 0 Å². The molecule has 8 nitrogen and oxygen atoms in total. The predicted molar refractivity (Wildman–Crippen MR) is 224 cm³/mol. The monoisotopic (exact) mass is 724 g/mol. The molecule has 0 bridgehead atoms. The van der Waals surface area contributed by atoms with E-state index in [-0.39, 0.29) is 0 Å². The van der Waals surface area contributed by atoms with Crippen LogP contribution in [-0.2, 0) is 5.91 Å². The highest BCUT2D eigenvalue weighted by Crippen LogP contribution is 2.53. The van der Waals surface area contributed by atoms with E-state index in [2.05, 4.69) is 164 Å². The van der Waals surface area contributed by atoms with Crippen LogP contribution >= 0.6 is 0 Å². The molecular weight excluding hydrogens is 701 g/mol. The molecule has 0 radical (unpaired) electrons. The van der Waals surface area contributed by atoms with Gasteiger partial charge in [0.05, 0.1) is 22.3 Å². The van der Waals surface area contributed by atoms with Crippen molar-refractivity contribution >= 4 is 99.6 Å². The van der Waals surface area contributed by atoms with Crippen LogP contribution in [0.5, 0.6) is 0 Å². The normalized spacial score (nSPS) is 16.9. The Bertz CT molecular complexity index is 3790. The molecular formula is C49H24N8+2. The minimum atomic E-state index is -1.06. The lowest BCUT2D eigenvalue weighted by molar-refractivity contribution is -0.790. The van der Waals surface area contributed by atoms with E-state index in [1.165, 1.54) is 43.1 Å². The molecule has 0 saturated heterocycles. The fourth-order valence-corrected chi connectivity index (χ4v) is 10.8. The fraction of sp³-hybridized carbons (Fsp3) is 0.0204. The maximum absolute atomic E-state index is 5.72. The number of fused-ring (bicyclic) bond motifs is 16. The summed E-state index contributed by atoms with van der Waals surface area (Å²) < 4.78 is 9.59. The Hall–Kier alpha value is -7.84. The second kappa shape index (κ2) is 8.83. The van der Waals surface area contributed by atoms with Crippen molar-refractivity contribution in [3.05, 3.63) is 179 Å². The summed E-state index contributed by atoms with van der Waals surface area (Å²) in [6.45, 7) is 0. The third-order valence-corrected chi connectivity index (χ3v) is 13.2. The second-order valence-corrected chi connectivity index (χ2v) is 16.0. The van der Waals surface area contributed by atoms with Crippen LogP contribution in [0.4, 0.5) is 11.6 Å². The molecule has 0 fully saturated rings. The highest BCUT2D eigenvalue weighted by molar-refractivity contribution is 6.23. The Morgan fingerprint density at radius 1 is 0.351 bits per heavy atom. The third kappa shape index (κ3) is 2.90. The van der Waals surface area contributed by atoms with Crippen molar-refractivity contribution in [1.82, 2.24) is 9.13 Å². The summed E-state index contributed by atoms with van der Waals surface area (Å²) in [4.78, 5) is 22.9. The van der Waals surface area contributed by atoms with Crippen LogP contribution in [0.15, 0.2) is 166 Å². The molecule has 0 aliphatic carbocycles. The number of hydrogen-bond donors (Lipinski definition) is 0. The minimum absolute atomic E-state index is 0.879. The van der Waals surface area contributed by atoms with Gasteiger partial charge >= 0.3 is 5.91 Å². The summed E-state index contributed by atoms with van der Waals surface area (Å²) >= 11 is 0. The number of hydrogen-bond acceptors (Lipinski definition) is 4. The first-order valence-corrected chi connectivity index (χ1v) is 19.4. The SMILES string of the molecule is c1ccc2cc3c(cc2c1)C1=Nc2c4cc5ccccc5cc4c4n2C25n6c(c7cc8ccccc8cc7c6=NC6=[N+]2C(=N4)c2cc4ccccc4cc26)=NC3=[N+]15. The lowest BCUT2D eigenvalue weighted by Gasteiger charge is -2.40. The van der Waals surface area contributed by atoms with E-state index in [9.17, 15) is 0 Å². The Morgan fingerprint density at radius 2 is 0.684 bits per heavy atom. The van der Waals surface area contributed by atoms with Gasteiger partial charge in [-0.05, 0) is 91.6 Å². The molecule has 6 aliphatic heterocycles. The van der Waals surface area contributed by atoms with Crippen LogP contribution in [0.2, 0.25) is 0 Å². The molecule has 0 amide bonds. The summed E-state index contributed by atoms with van der Waals surface area (Å²) in [6.07, 6.45) is 0. The molecule has 16 rings (SSSR count). The average Bonchev–Trinajstić information content (AvgIpc) is 3.95. The number of amidine groups is 4. The number of benzene rings is 8. The van der Waals surface area contributed by atoms with Crippen LogP contribution in [-0.4, -0.2) is 41.6 Å². The zero-order valence-electron chi connectivity index (χ0n) is 29.9. The molecule has 0 N–H and O–H groups in total. The van der Waals surface area contributed by atoms with Gasteiger partial charge in [-0.3, -0.25) is 0 Å². The van der Waals surface area contributed by atoms with Crippen molar-refractivity contribution in [2.45, 2.75) is 5.91 Å². The number of nitrogens with zero attached hydrogens (tertiary/aromatic N) is 8. The van der Waals surface area contributed by atoms with Crippen LogP contribution < -0.4 is 11.0 Å². The Morgan fingerprint density at radius 3 is 1.07 bits per heavy atom. The van der Waals surface area contributed by atoms with Crippen LogP contribution in [0.3, 0.4) is 0 Å². The maximum Gasteiger partial charge on any atom is 0.404 e. The molecule has 57 heavy (non-hydrogen) atoms. The molecule has 10 aromatic rings. The molecule has 258 valence electrons. The van der Waals surface area contributed by atoms with Gasteiger partial charge in [-0.1, -0.05) is 117 Å². The van der Waals surface area contributed by atoms with Crippen LogP contribution in [0, 0.1) is 0 Å². The summed E-state index contributed by atoms with van der Waals surface area (Å²) in [5.74, 6) is 4.21. The first-order chi connectivity index (χ1) is 28.2. The van der Waals surface area contributed by atoms with Gasteiger partial charge < -0.3 is 0 Å². The van der Waals surface area contributed by atoms with E-state index >= 15 is 0 Å². The van der Waals surface area contributed by atoms with E-state index in [4.69, 9.17) is 20.0 Å². The summed E-state index contributed by atoms with van der Waals surface area (Å²) in [6, 6.07) is 52.9. The summed E-state index contributed by atoms with van der Waals surface area (Å²) in [5, 5.41) is 13.6. The van der Waals surface area contributed by atoms with Gasteiger partial charge in [0.1, 0.15) is 0 Å². The van der Waals surface area contributed by atoms with Gasteiger partial charge in [0.15, 0.2) is 0 Å². The highest BCUT2D eigenvalue weighted by Gasteiger charge is 2.69. The number of rotatable bonds is 0. The highest BCUT2D eigenvalue weighted by atomic mass is 15.7. The molecule has 2 aromatic heterocycles. The molecule has 0 saturated carbocycles. The molecule has 8 aromatic carbocycles.